The monoisotopic (exact) mass is 527 g/mol. The van der Waals surface area contributed by atoms with Crippen molar-refractivity contribution in [1.29, 1.82) is 0 Å². The van der Waals surface area contributed by atoms with Gasteiger partial charge in [-0.25, -0.2) is 4.98 Å². The van der Waals surface area contributed by atoms with E-state index in [0.717, 1.165) is 60.5 Å². The van der Waals surface area contributed by atoms with Gasteiger partial charge in [0.2, 0.25) is 5.91 Å². The number of rotatable bonds is 10. The van der Waals surface area contributed by atoms with Crippen LogP contribution in [0.5, 0.6) is 0 Å². The number of ether oxygens (including phenoxy) is 1. The van der Waals surface area contributed by atoms with E-state index in [9.17, 15) is 9.59 Å². The van der Waals surface area contributed by atoms with Crippen molar-refractivity contribution in [2.45, 2.75) is 50.6 Å². The minimum absolute atomic E-state index is 0.0714. The molecular weight excluding hydrogens is 490 g/mol. The highest BCUT2D eigenvalue weighted by atomic mass is 16.5. The molecule has 2 atom stereocenters. The van der Waals surface area contributed by atoms with Gasteiger partial charge in [0.25, 0.3) is 5.56 Å². The molecule has 1 aliphatic rings. The Labute approximate surface area is 229 Å². The van der Waals surface area contributed by atoms with Crippen LogP contribution in [-0.4, -0.2) is 57.8 Å². The van der Waals surface area contributed by atoms with Crippen LogP contribution in [0, 0.1) is 0 Å². The highest BCUT2D eigenvalue weighted by Gasteiger charge is 2.29. The Morgan fingerprint density at radius 3 is 2.69 bits per heavy atom. The highest BCUT2D eigenvalue weighted by molar-refractivity contribution is 5.78. The zero-order valence-electron chi connectivity index (χ0n) is 22.5. The third-order valence-corrected chi connectivity index (χ3v) is 7.53. The van der Waals surface area contributed by atoms with E-state index in [-0.39, 0.29) is 23.4 Å². The van der Waals surface area contributed by atoms with Gasteiger partial charge in [-0.1, -0.05) is 30.3 Å². The first-order chi connectivity index (χ1) is 19.0. The number of piperidine rings is 1. The summed E-state index contributed by atoms with van der Waals surface area (Å²) in [6, 6.07) is 20.9. The number of amides is 1. The van der Waals surface area contributed by atoms with E-state index in [0.29, 0.717) is 26.0 Å². The van der Waals surface area contributed by atoms with Gasteiger partial charge in [-0.3, -0.25) is 14.2 Å². The van der Waals surface area contributed by atoms with Crippen LogP contribution in [0.3, 0.4) is 0 Å². The van der Waals surface area contributed by atoms with E-state index in [1.807, 2.05) is 47.4 Å². The maximum absolute atomic E-state index is 13.3. The quantitative estimate of drug-likeness (QED) is 0.316. The van der Waals surface area contributed by atoms with Crippen molar-refractivity contribution in [3.05, 3.63) is 94.7 Å². The minimum Gasteiger partial charge on any atom is -0.385 e. The molecule has 2 N–H and O–H groups in total. The van der Waals surface area contributed by atoms with Crippen molar-refractivity contribution in [1.82, 2.24) is 19.0 Å². The van der Waals surface area contributed by atoms with Crippen molar-refractivity contribution >= 4 is 16.9 Å². The summed E-state index contributed by atoms with van der Waals surface area (Å²) in [5.74, 6) is 1.36. The number of hydrogen-bond acceptors (Lipinski definition) is 5. The first-order valence-electron chi connectivity index (χ1n) is 13.8. The van der Waals surface area contributed by atoms with E-state index < -0.39 is 0 Å². The Morgan fingerprint density at radius 2 is 1.90 bits per heavy atom. The zero-order valence-corrected chi connectivity index (χ0v) is 22.5. The number of carbonyl (C=O) groups is 1. The molecule has 0 radical (unpaired) electrons. The fraction of sp³-hybridized carbons (Fsp3) is 0.387. The predicted octanol–water partition coefficient (Wildman–Crippen LogP) is 3.89. The van der Waals surface area contributed by atoms with Gasteiger partial charge < -0.3 is 19.9 Å². The molecular formula is C31H37N5O3. The summed E-state index contributed by atoms with van der Waals surface area (Å²) in [5.41, 5.74) is 10.4. The molecule has 1 fully saturated rings. The topological polar surface area (TPSA) is 95.4 Å². The largest absolute Gasteiger partial charge is 0.385 e. The van der Waals surface area contributed by atoms with Gasteiger partial charge in [-0.15, -0.1) is 0 Å². The van der Waals surface area contributed by atoms with Gasteiger partial charge in [-0.05, 0) is 61.6 Å². The Balaban J connectivity index is 1.22. The van der Waals surface area contributed by atoms with Gasteiger partial charge in [0.1, 0.15) is 5.82 Å². The molecule has 1 saturated heterocycles. The van der Waals surface area contributed by atoms with Gasteiger partial charge in [0, 0.05) is 69.7 Å². The lowest BCUT2D eigenvalue weighted by Gasteiger charge is -2.33. The molecule has 204 valence electrons. The fourth-order valence-corrected chi connectivity index (χ4v) is 5.58. The first kappa shape index (κ1) is 26.8. The van der Waals surface area contributed by atoms with Gasteiger partial charge in [0.15, 0.2) is 0 Å². The number of likely N-dealkylation sites (tertiary alicyclic amines) is 1. The summed E-state index contributed by atoms with van der Waals surface area (Å²) in [6.45, 7) is 2.97. The van der Waals surface area contributed by atoms with Crippen molar-refractivity contribution < 1.29 is 9.53 Å². The molecule has 39 heavy (non-hydrogen) atoms. The van der Waals surface area contributed by atoms with Crippen LogP contribution in [-0.2, 0) is 22.5 Å². The van der Waals surface area contributed by atoms with Crippen molar-refractivity contribution in [2.24, 2.45) is 5.73 Å². The fourth-order valence-electron chi connectivity index (χ4n) is 5.58. The Hall–Kier alpha value is -3.75. The molecule has 4 aromatic rings. The Morgan fingerprint density at radius 1 is 1.10 bits per heavy atom. The lowest BCUT2D eigenvalue weighted by molar-refractivity contribution is -0.132. The molecule has 2 aromatic carbocycles. The maximum Gasteiger partial charge on any atom is 0.255 e. The normalized spacial score (nSPS) is 16.5. The molecule has 8 heteroatoms. The molecule has 0 spiro atoms. The van der Waals surface area contributed by atoms with Crippen LogP contribution in [0.4, 0.5) is 0 Å². The molecule has 0 unspecified atom stereocenters. The molecule has 3 heterocycles. The number of benzene rings is 2. The number of imidazole rings is 1. The van der Waals surface area contributed by atoms with Crippen LogP contribution >= 0.6 is 0 Å². The number of pyridine rings is 1. The van der Waals surface area contributed by atoms with E-state index in [1.54, 1.807) is 23.9 Å². The number of aryl methyl sites for hydroxylation is 1. The summed E-state index contributed by atoms with van der Waals surface area (Å²) in [7, 11) is 1.73. The molecule has 0 aliphatic carbocycles. The lowest BCUT2D eigenvalue weighted by Crippen LogP contribution is -2.42. The number of carbonyl (C=O) groups excluding carboxylic acids is 1. The number of nitrogens with zero attached hydrogens (tertiary/aromatic N) is 4. The average molecular weight is 528 g/mol. The number of hydrogen-bond donors (Lipinski definition) is 1. The zero-order chi connectivity index (χ0) is 27.2. The number of methoxy groups -OCH3 is 1. The third kappa shape index (κ3) is 6.29. The Kier molecular flexibility index (Phi) is 8.54. The van der Waals surface area contributed by atoms with Crippen LogP contribution < -0.4 is 11.3 Å². The number of fused-ring (bicyclic) bond motifs is 1. The number of aromatic nitrogens is 3. The van der Waals surface area contributed by atoms with E-state index in [4.69, 9.17) is 15.5 Å². The standard InChI is InChI=1S/C31H37N5O3/c1-39-19-7-18-36-28-10-3-2-9-27(28)33-31(36)24-8-6-16-34(22-24)30(38)21-25(32)20-23-12-14-26(15-13-23)35-17-5-4-11-29(35)37/h2-5,9-15,17,24-25H,6-8,16,18-22,32H2,1H3/t24-,25-/m1/s1. The maximum atomic E-state index is 13.3. The van der Waals surface area contributed by atoms with Gasteiger partial charge >= 0.3 is 0 Å². The van der Waals surface area contributed by atoms with E-state index >= 15 is 0 Å². The van der Waals surface area contributed by atoms with Gasteiger partial charge in [-0.2, -0.15) is 0 Å². The molecule has 0 saturated carbocycles. The Bertz CT molecular complexity index is 1460. The second-order valence-corrected chi connectivity index (χ2v) is 10.4. The summed E-state index contributed by atoms with van der Waals surface area (Å²) in [6.07, 6.45) is 5.53. The predicted molar refractivity (Wildman–Crippen MR) is 153 cm³/mol. The number of nitrogens with two attached hydrogens (primary N) is 1. The molecule has 8 nitrogen and oxygen atoms in total. The van der Waals surface area contributed by atoms with Crippen molar-refractivity contribution in [2.75, 3.05) is 26.8 Å². The lowest BCUT2D eigenvalue weighted by atomic mass is 9.96. The minimum atomic E-state index is -0.276. The molecule has 1 amide bonds. The van der Waals surface area contributed by atoms with Gasteiger partial charge in [0.05, 0.1) is 11.0 Å². The van der Waals surface area contributed by atoms with E-state index in [2.05, 4.69) is 16.7 Å². The number of para-hydroxylation sites is 2. The summed E-state index contributed by atoms with van der Waals surface area (Å²) in [4.78, 5) is 32.3. The summed E-state index contributed by atoms with van der Waals surface area (Å²) >= 11 is 0. The first-order valence-corrected chi connectivity index (χ1v) is 13.8. The molecule has 1 aliphatic heterocycles. The SMILES string of the molecule is COCCCn1c([C@@H]2CCCN(C(=O)C[C@H](N)Cc3ccc(-n4ccccc4=O)cc3)C2)nc2ccccc21. The second-order valence-electron chi connectivity index (χ2n) is 10.4. The highest BCUT2D eigenvalue weighted by Crippen LogP contribution is 2.30. The van der Waals surface area contributed by atoms with Crippen LogP contribution in [0.15, 0.2) is 77.7 Å². The van der Waals surface area contributed by atoms with Crippen LogP contribution in [0.1, 0.15) is 43.0 Å². The summed E-state index contributed by atoms with van der Waals surface area (Å²) in [5, 5.41) is 0. The van der Waals surface area contributed by atoms with Crippen LogP contribution in [0.2, 0.25) is 0 Å². The van der Waals surface area contributed by atoms with Crippen molar-refractivity contribution in [3.63, 3.8) is 0 Å². The second kappa shape index (κ2) is 12.4. The molecule has 5 rings (SSSR count). The average Bonchev–Trinajstić information content (AvgIpc) is 3.33. The van der Waals surface area contributed by atoms with E-state index in [1.165, 1.54) is 6.07 Å². The third-order valence-electron chi connectivity index (χ3n) is 7.53. The van der Waals surface area contributed by atoms with Crippen LogP contribution in [0.25, 0.3) is 16.7 Å². The molecule has 0 bridgehead atoms. The smallest absolute Gasteiger partial charge is 0.255 e. The van der Waals surface area contributed by atoms with Crippen molar-refractivity contribution in [3.8, 4) is 5.69 Å². The molecule has 2 aromatic heterocycles. The summed E-state index contributed by atoms with van der Waals surface area (Å²) < 4.78 is 9.20.